The van der Waals surface area contributed by atoms with Gasteiger partial charge in [0.05, 0.1) is 5.56 Å². The van der Waals surface area contributed by atoms with E-state index in [2.05, 4.69) is 12.0 Å². The Morgan fingerprint density at radius 3 is 2.79 bits per heavy atom. The monoisotopic (exact) mass is 185 g/mol. The maximum Gasteiger partial charge on any atom is 0.158 e. The number of nitriles is 1. The zero-order chi connectivity index (χ0) is 10.4. The lowest BCUT2D eigenvalue weighted by Gasteiger charge is -2.12. The third-order valence-corrected chi connectivity index (χ3v) is 1.83. The van der Waals surface area contributed by atoms with Crippen molar-refractivity contribution >= 4 is 0 Å². The van der Waals surface area contributed by atoms with Gasteiger partial charge in [0.1, 0.15) is 11.8 Å². The van der Waals surface area contributed by atoms with E-state index in [0.29, 0.717) is 11.3 Å². The minimum atomic E-state index is -0.260. The summed E-state index contributed by atoms with van der Waals surface area (Å²) in [4.78, 5) is 0. The van der Waals surface area contributed by atoms with Gasteiger partial charge in [-0.1, -0.05) is 25.0 Å². The van der Waals surface area contributed by atoms with Gasteiger partial charge in [0.25, 0.3) is 0 Å². The molecule has 0 saturated heterocycles. The molecule has 1 aromatic carbocycles. The van der Waals surface area contributed by atoms with E-state index in [9.17, 15) is 0 Å². The summed E-state index contributed by atoms with van der Waals surface area (Å²) in [6.07, 6.45) is 5.74. The highest BCUT2D eigenvalue weighted by Crippen LogP contribution is 2.18. The number of nitrogens with zero attached hydrogens (tertiary/aromatic N) is 1. The van der Waals surface area contributed by atoms with Crippen LogP contribution in [0.4, 0.5) is 0 Å². The largest absolute Gasteiger partial charge is 0.476 e. The van der Waals surface area contributed by atoms with E-state index in [4.69, 9.17) is 16.4 Å². The maximum atomic E-state index is 8.80. The molecule has 0 radical (unpaired) electrons. The molecule has 0 aliphatic heterocycles. The molecule has 0 aliphatic rings. The Bertz CT molecular complexity index is 384. The Hall–Kier alpha value is -1.93. The van der Waals surface area contributed by atoms with Crippen LogP contribution in [0.1, 0.15) is 18.9 Å². The predicted octanol–water partition coefficient (Wildman–Crippen LogP) is 2.35. The van der Waals surface area contributed by atoms with Crippen LogP contribution in [-0.4, -0.2) is 6.10 Å². The minimum absolute atomic E-state index is 0.260. The second kappa shape index (κ2) is 4.94. The molecule has 2 heteroatoms. The smallest absolute Gasteiger partial charge is 0.158 e. The first-order valence-electron chi connectivity index (χ1n) is 4.43. The van der Waals surface area contributed by atoms with Crippen molar-refractivity contribution in [3.63, 3.8) is 0 Å². The summed E-state index contributed by atoms with van der Waals surface area (Å²) in [6, 6.07) is 9.12. The molecule has 0 heterocycles. The van der Waals surface area contributed by atoms with E-state index < -0.39 is 0 Å². The van der Waals surface area contributed by atoms with Gasteiger partial charge >= 0.3 is 0 Å². The molecule has 1 aromatic rings. The van der Waals surface area contributed by atoms with Gasteiger partial charge in [-0.05, 0) is 18.6 Å². The van der Waals surface area contributed by atoms with Crippen LogP contribution in [0.25, 0.3) is 0 Å². The van der Waals surface area contributed by atoms with Crippen molar-refractivity contribution in [3.8, 4) is 24.2 Å². The molecule has 1 atom stereocenters. The fourth-order valence-corrected chi connectivity index (χ4v) is 1.05. The molecule has 0 saturated carbocycles. The van der Waals surface area contributed by atoms with Crippen molar-refractivity contribution in [1.29, 1.82) is 5.26 Å². The Morgan fingerprint density at radius 1 is 1.50 bits per heavy atom. The van der Waals surface area contributed by atoms with E-state index in [1.165, 1.54) is 0 Å². The number of hydrogen-bond donors (Lipinski definition) is 0. The Kier molecular flexibility index (Phi) is 3.58. The van der Waals surface area contributed by atoms with Crippen molar-refractivity contribution in [2.24, 2.45) is 0 Å². The number of terminal acetylenes is 1. The maximum absolute atomic E-state index is 8.80. The third-order valence-electron chi connectivity index (χ3n) is 1.83. The molecule has 0 amide bonds. The van der Waals surface area contributed by atoms with Crippen LogP contribution >= 0.6 is 0 Å². The fraction of sp³-hybridized carbons (Fsp3) is 0.250. The SMILES string of the molecule is C#CC(CC)Oc1ccccc1C#N. The highest BCUT2D eigenvalue weighted by Gasteiger charge is 2.06. The van der Waals surface area contributed by atoms with Gasteiger partial charge in [0, 0.05) is 0 Å². The first-order valence-corrected chi connectivity index (χ1v) is 4.43. The lowest BCUT2D eigenvalue weighted by molar-refractivity contribution is 0.253. The van der Waals surface area contributed by atoms with E-state index in [0.717, 1.165) is 6.42 Å². The van der Waals surface area contributed by atoms with E-state index in [1.54, 1.807) is 18.2 Å². The van der Waals surface area contributed by atoms with Crippen molar-refractivity contribution in [2.75, 3.05) is 0 Å². The molecule has 1 unspecified atom stereocenters. The number of benzene rings is 1. The van der Waals surface area contributed by atoms with Crippen LogP contribution in [0.2, 0.25) is 0 Å². The molecule has 0 bridgehead atoms. The first kappa shape index (κ1) is 10.2. The first-order chi connectivity index (χ1) is 6.81. The van der Waals surface area contributed by atoms with E-state index >= 15 is 0 Å². The van der Waals surface area contributed by atoms with Gasteiger partial charge in [-0.3, -0.25) is 0 Å². The summed E-state index contributed by atoms with van der Waals surface area (Å²) < 4.78 is 5.48. The van der Waals surface area contributed by atoms with Crippen LogP contribution in [0.15, 0.2) is 24.3 Å². The second-order valence-corrected chi connectivity index (χ2v) is 2.79. The summed E-state index contributed by atoms with van der Waals surface area (Å²) in [7, 11) is 0. The second-order valence-electron chi connectivity index (χ2n) is 2.79. The van der Waals surface area contributed by atoms with Gasteiger partial charge in [0.15, 0.2) is 6.10 Å². The topological polar surface area (TPSA) is 33.0 Å². The van der Waals surface area contributed by atoms with Crippen LogP contribution in [0, 0.1) is 23.7 Å². The quantitative estimate of drug-likeness (QED) is 0.677. The van der Waals surface area contributed by atoms with Gasteiger partial charge < -0.3 is 4.74 Å². The summed E-state index contributed by atoms with van der Waals surface area (Å²) in [5.74, 6) is 3.08. The van der Waals surface area contributed by atoms with Gasteiger partial charge in [-0.15, -0.1) is 6.42 Å². The van der Waals surface area contributed by atoms with Crippen molar-refractivity contribution in [3.05, 3.63) is 29.8 Å². The standard InChI is InChI=1S/C12H11NO/c1-3-11(4-2)14-12-8-6-5-7-10(12)9-13/h1,5-8,11H,4H2,2H3. The molecule has 0 fully saturated rings. The Balaban J connectivity index is 2.87. The number of para-hydroxylation sites is 1. The molecule has 1 rings (SSSR count). The van der Waals surface area contributed by atoms with E-state index in [-0.39, 0.29) is 6.10 Å². The number of ether oxygens (including phenoxy) is 1. The zero-order valence-electron chi connectivity index (χ0n) is 8.03. The molecule has 0 aromatic heterocycles. The highest BCUT2D eigenvalue weighted by molar-refractivity contribution is 5.42. The summed E-state index contributed by atoms with van der Waals surface area (Å²) in [6.45, 7) is 1.94. The Morgan fingerprint density at radius 2 is 2.21 bits per heavy atom. The number of hydrogen-bond acceptors (Lipinski definition) is 2. The predicted molar refractivity (Wildman–Crippen MR) is 54.7 cm³/mol. The average molecular weight is 185 g/mol. The lowest BCUT2D eigenvalue weighted by Crippen LogP contribution is -2.12. The van der Waals surface area contributed by atoms with Gasteiger partial charge in [-0.25, -0.2) is 0 Å². The molecule has 70 valence electrons. The van der Waals surface area contributed by atoms with Crippen molar-refractivity contribution < 1.29 is 4.74 Å². The molecular weight excluding hydrogens is 174 g/mol. The van der Waals surface area contributed by atoms with Gasteiger partial charge in [-0.2, -0.15) is 5.26 Å². The molecule has 0 N–H and O–H groups in total. The third kappa shape index (κ3) is 2.28. The Labute approximate surface area is 84.1 Å². The summed E-state index contributed by atoms with van der Waals surface area (Å²) >= 11 is 0. The van der Waals surface area contributed by atoms with Crippen molar-refractivity contribution in [2.45, 2.75) is 19.4 Å². The van der Waals surface area contributed by atoms with Crippen LogP contribution in [-0.2, 0) is 0 Å². The average Bonchev–Trinajstić information content (AvgIpc) is 2.26. The molecule has 14 heavy (non-hydrogen) atoms. The van der Waals surface area contributed by atoms with Crippen molar-refractivity contribution in [1.82, 2.24) is 0 Å². The fourth-order valence-electron chi connectivity index (χ4n) is 1.05. The molecule has 0 aliphatic carbocycles. The normalized spacial score (nSPS) is 11.1. The van der Waals surface area contributed by atoms with Crippen LogP contribution in [0.3, 0.4) is 0 Å². The number of rotatable bonds is 3. The van der Waals surface area contributed by atoms with Crippen LogP contribution < -0.4 is 4.74 Å². The summed E-state index contributed by atoms with van der Waals surface area (Å²) in [5, 5.41) is 8.80. The summed E-state index contributed by atoms with van der Waals surface area (Å²) in [5.41, 5.74) is 0.515. The molecule has 0 spiro atoms. The molecular formula is C12H11NO. The lowest BCUT2D eigenvalue weighted by atomic mass is 10.2. The van der Waals surface area contributed by atoms with E-state index in [1.807, 2.05) is 13.0 Å². The zero-order valence-corrected chi connectivity index (χ0v) is 8.03. The van der Waals surface area contributed by atoms with Gasteiger partial charge in [0.2, 0.25) is 0 Å². The minimum Gasteiger partial charge on any atom is -0.476 e. The van der Waals surface area contributed by atoms with Crippen LogP contribution in [0.5, 0.6) is 5.75 Å². The highest BCUT2D eigenvalue weighted by atomic mass is 16.5. The molecule has 2 nitrogen and oxygen atoms in total.